The molecule has 0 bridgehead atoms. The van der Waals surface area contributed by atoms with Crippen LogP contribution in [0.5, 0.6) is 0 Å². The number of nitrogens with one attached hydrogen (secondary N) is 1. The van der Waals surface area contributed by atoms with Gasteiger partial charge in [0.2, 0.25) is 0 Å². The fourth-order valence-corrected chi connectivity index (χ4v) is 2.56. The highest BCUT2D eigenvalue weighted by atomic mass is 19.4. The quantitative estimate of drug-likeness (QED) is 0.925. The molecule has 112 valence electrons. The van der Waals surface area contributed by atoms with Crippen molar-refractivity contribution in [1.29, 1.82) is 0 Å². The third-order valence-corrected chi connectivity index (χ3v) is 3.64. The number of H-pyrrole nitrogens is 1. The van der Waals surface area contributed by atoms with Crippen molar-refractivity contribution in [3.63, 3.8) is 0 Å². The maximum Gasteiger partial charge on any atom is 0.417 e. The normalized spacial score (nSPS) is 19.8. The number of nitrogens with zero attached hydrogens (tertiary/aromatic N) is 4. The van der Waals surface area contributed by atoms with Crippen LogP contribution in [0.3, 0.4) is 0 Å². The molecule has 0 radical (unpaired) electrons. The van der Waals surface area contributed by atoms with E-state index in [-0.39, 0.29) is 5.92 Å². The lowest BCUT2D eigenvalue weighted by Crippen LogP contribution is -2.35. The Balaban J connectivity index is 1.74. The second-order valence-corrected chi connectivity index (χ2v) is 5.06. The van der Waals surface area contributed by atoms with E-state index in [4.69, 9.17) is 0 Å². The van der Waals surface area contributed by atoms with Crippen LogP contribution >= 0.6 is 0 Å². The molecular weight excluding hydrogens is 283 g/mol. The van der Waals surface area contributed by atoms with E-state index in [0.29, 0.717) is 12.4 Å². The van der Waals surface area contributed by atoms with Gasteiger partial charge in [0.1, 0.15) is 18.0 Å². The van der Waals surface area contributed by atoms with Gasteiger partial charge in [-0.3, -0.25) is 5.10 Å². The minimum atomic E-state index is -4.35. The predicted octanol–water partition coefficient (Wildman–Crippen LogP) is 2.60. The van der Waals surface area contributed by atoms with Gasteiger partial charge in [-0.2, -0.15) is 18.3 Å². The number of alkyl halides is 3. The van der Waals surface area contributed by atoms with E-state index in [9.17, 15) is 13.2 Å². The Labute approximate surface area is 119 Å². The van der Waals surface area contributed by atoms with Gasteiger partial charge in [-0.05, 0) is 25.0 Å². The van der Waals surface area contributed by atoms with Crippen molar-refractivity contribution in [3.8, 4) is 0 Å². The summed E-state index contributed by atoms with van der Waals surface area (Å²) >= 11 is 0. The maximum atomic E-state index is 12.5. The molecule has 0 saturated carbocycles. The molecule has 1 N–H and O–H groups in total. The van der Waals surface area contributed by atoms with E-state index >= 15 is 0 Å². The molecular formula is C13H14F3N5. The zero-order chi connectivity index (χ0) is 14.9. The number of aromatic nitrogens is 4. The molecule has 0 aliphatic carbocycles. The van der Waals surface area contributed by atoms with Crippen LogP contribution in [0.15, 0.2) is 24.7 Å². The van der Waals surface area contributed by atoms with Crippen LogP contribution in [0, 0.1) is 0 Å². The van der Waals surface area contributed by atoms with Gasteiger partial charge in [0.05, 0.1) is 5.56 Å². The highest BCUT2D eigenvalue weighted by Crippen LogP contribution is 2.31. The van der Waals surface area contributed by atoms with Crippen molar-refractivity contribution in [3.05, 3.63) is 36.0 Å². The number of hydrogen-bond donors (Lipinski definition) is 1. The van der Waals surface area contributed by atoms with Crippen molar-refractivity contribution in [2.24, 2.45) is 0 Å². The van der Waals surface area contributed by atoms with Gasteiger partial charge in [0.25, 0.3) is 0 Å². The molecule has 3 heterocycles. The summed E-state index contributed by atoms with van der Waals surface area (Å²) in [5.74, 6) is 1.57. The molecule has 3 rings (SSSR count). The van der Waals surface area contributed by atoms with E-state index < -0.39 is 11.7 Å². The molecule has 21 heavy (non-hydrogen) atoms. The summed E-state index contributed by atoms with van der Waals surface area (Å²) in [6.45, 7) is 1.45. The first-order valence-corrected chi connectivity index (χ1v) is 6.67. The molecule has 8 heteroatoms. The largest absolute Gasteiger partial charge is 0.417 e. The number of pyridine rings is 1. The van der Waals surface area contributed by atoms with E-state index in [1.807, 2.05) is 4.90 Å². The standard InChI is InChI=1S/C13H14F3N5/c14-13(15,16)10-3-4-11(17-6-10)21-5-1-2-9(7-21)12-18-8-19-20-12/h3-4,6,8-9H,1-2,5,7H2,(H,18,19,20). The van der Waals surface area contributed by atoms with E-state index in [0.717, 1.165) is 37.5 Å². The summed E-state index contributed by atoms with van der Waals surface area (Å²) in [5.41, 5.74) is -0.727. The van der Waals surface area contributed by atoms with Crippen LogP contribution in [0.25, 0.3) is 0 Å². The van der Waals surface area contributed by atoms with Crippen LogP contribution in [-0.2, 0) is 6.18 Å². The van der Waals surface area contributed by atoms with E-state index in [1.54, 1.807) is 0 Å². The lowest BCUT2D eigenvalue weighted by atomic mass is 9.97. The SMILES string of the molecule is FC(F)(F)c1ccc(N2CCCC(c3ncn[nH]3)C2)nc1. The molecule has 1 aliphatic heterocycles. The smallest absolute Gasteiger partial charge is 0.356 e. The Morgan fingerprint density at radius 1 is 1.24 bits per heavy atom. The number of aromatic amines is 1. The molecule has 1 aliphatic rings. The first-order valence-electron chi connectivity index (χ1n) is 6.67. The zero-order valence-corrected chi connectivity index (χ0v) is 11.1. The molecule has 5 nitrogen and oxygen atoms in total. The first kappa shape index (κ1) is 13.8. The summed E-state index contributed by atoms with van der Waals surface area (Å²) in [5, 5.41) is 6.69. The Hall–Kier alpha value is -2.12. The van der Waals surface area contributed by atoms with E-state index in [2.05, 4.69) is 20.2 Å². The van der Waals surface area contributed by atoms with Gasteiger partial charge in [-0.25, -0.2) is 9.97 Å². The molecule has 0 spiro atoms. The van der Waals surface area contributed by atoms with Gasteiger partial charge in [0, 0.05) is 25.2 Å². The zero-order valence-electron chi connectivity index (χ0n) is 11.1. The Morgan fingerprint density at radius 2 is 2.10 bits per heavy atom. The van der Waals surface area contributed by atoms with Gasteiger partial charge < -0.3 is 4.90 Å². The third kappa shape index (κ3) is 2.98. The highest BCUT2D eigenvalue weighted by molar-refractivity contribution is 5.41. The van der Waals surface area contributed by atoms with Crippen molar-refractivity contribution in [1.82, 2.24) is 20.2 Å². The number of rotatable bonds is 2. The molecule has 0 aromatic carbocycles. The number of halogens is 3. The molecule has 1 atom stereocenters. The lowest BCUT2D eigenvalue weighted by molar-refractivity contribution is -0.137. The second kappa shape index (κ2) is 5.34. The van der Waals surface area contributed by atoms with E-state index in [1.165, 1.54) is 12.4 Å². The van der Waals surface area contributed by atoms with Crippen molar-refractivity contribution < 1.29 is 13.2 Å². The fourth-order valence-electron chi connectivity index (χ4n) is 2.56. The summed E-state index contributed by atoms with van der Waals surface area (Å²) in [7, 11) is 0. The number of anilines is 1. The summed E-state index contributed by atoms with van der Waals surface area (Å²) in [4.78, 5) is 10.1. The molecule has 2 aromatic rings. The number of hydrogen-bond acceptors (Lipinski definition) is 4. The van der Waals surface area contributed by atoms with Crippen LogP contribution < -0.4 is 4.90 Å². The monoisotopic (exact) mass is 297 g/mol. The van der Waals surface area contributed by atoms with Crippen LogP contribution in [-0.4, -0.2) is 33.3 Å². The van der Waals surface area contributed by atoms with Crippen LogP contribution in [0.4, 0.5) is 19.0 Å². The fraction of sp³-hybridized carbons (Fsp3) is 0.462. The molecule has 2 aromatic heterocycles. The molecule has 1 fully saturated rings. The molecule has 0 amide bonds. The summed E-state index contributed by atoms with van der Waals surface area (Å²) in [6, 6.07) is 2.49. The van der Waals surface area contributed by atoms with Crippen molar-refractivity contribution >= 4 is 5.82 Å². The maximum absolute atomic E-state index is 12.5. The first-order chi connectivity index (χ1) is 10.0. The average Bonchev–Trinajstić information content (AvgIpc) is 3.01. The van der Waals surface area contributed by atoms with Crippen LogP contribution in [0.2, 0.25) is 0 Å². The Kier molecular flexibility index (Phi) is 3.52. The van der Waals surface area contributed by atoms with Crippen molar-refractivity contribution in [2.75, 3.05) is 18.0 Å². The summed E-state index contributed by atoms with van der Waals surface area (Å²) < 4.78 is 37.6. The summed E-state index contributed by atoms with van der Waals surface area (Å²) in [6.07, 6.45) is -0.0890. The Morgan fingerprint density at radius 3 is 2.71 bits per heavy atom. The minimum Gasteiger partial charge on any atom is -0.356 e. The van der Waals surface area contributed by atoms with Crippen LogP contribution in [0.1, 0.15) is 30.1 Å². The Bertz CT molecular complexity index is 579. The van der Waals surface area contributed by atoms with Gasteiger partial charge >= 0.3 is 6.18 Å². The lowest BCUT2D eigenvalue weighted by Gasteiger charge is -2.32. The van der Waals surface area contributed by atoms with Gasteiger partial charge in [0.15, 0.2) is 0 Å². The average molecular weight is 297 g/mol. The highest BCUT2D eigenvalue weighted by Gasteiger charge is 2.31. The third-order valence-electron chi connectivity index (χ3n) is 3.64. The topological polar surface area (TPSA) is 57.7 Å². The second-order valence-electron chi connectivity index (χ2n) is 5.06. The molecule has 1 unspecified atom stereocenters. The van der Waals surface area contributed by atoms with Gasteiger partial charge in [-0.15, -0.1) is 0 Å². The molecule has 1 saturated heterocycles. The number of piperidine rings is 1. The van der Waals surface area contributed by atoms with Crippen molar-refractivity contribution in [2.45, 2.75) is 24.9 Å². The minimum absolute atomic E-state index is 0.199. The predicted molar refractivity (Wildman–Crippen MR) is 69.8 cm³/mol. The van der Waals surface area contributed by atoms with Gasteiger partial charge in [-0.1, -0.05) is 0 Å².